The highest BCUT2D eigenvalue weighted by atomic mass is 35.5. The summed E-state index contributed by atoms with van der Waals surface area (Å²) in [5.74, 6) is -0.462. The van der Waals surface area contributed by atoms with Gasteiger partial charge in [-0.25, -0.2) is 14.9 Å². The van der Waals surface area contributed by atoms with Crippen LogP contribution < -0.4 is 16.7 Å². The number of halogens is 1. The Morgan fingerprint density at radius 2 is 2.08 bits per heavy atom. The van der Waals surface area contributed by atoms with Crippen molar-refractivity contribution in [3.8, 4) is 0 Å². The van der Waals surface area contributed by atoms with E-state index in [1.807, 2.05) is 6.07 Å². The molecule has 0 atom stereocenters. The zero-order valence-corrected chi connectivity index (χ0v) is 15.4. The average Bonchev–Trinajstić information content (AvgIpc) is 2.59. The zero-order valence-electron chi connectivity index (χ0n) is 13.8. The van der Waals surface area contributed by atoms with Crippen molar-refractivity contribution in [2.24, 2.45) is 19.2 Å². The minimum atomic E-state index is -0.542. The van der Waals surface area contributed by atoms with Crippen LogP contribution in [0.2, 0.25) is 5.02 Å². The second-order valence-electron chi connectivity index (χ2n) is 5.11. The van der Waals surface area contributed by atoms with Gasteiger partial charge >= 0.3 is 5.69 Å². The Labute approximate surface area is 152 Å². The molecule has 0 aliphatic heterocycles. The predicted octanol–water partition coefficient (Wildman–Crippen LogP) is 0.765. The van der Waals surface area contributed by atoms with Crippen LogP contribution in [-0.2, 0) is 18.9 Å². The van der Waals surface area contributed by atoms with E-state index in [0.29, 0.717) is 10.7 Å². The fourth-order valence-corrected chi connectivity index (χ4v) is 2.81. The summed E-state index contributed by atoms with van der Waals surface area (Å²) in [6.45, 7) is 1.74. The lowest BCUT2D eigenvalue weighted by Gasteiger charge is -2.05. The van der Waals surface area contributed by atoms with E-state index in [9.17, 15) is 14.4 Å². The largest absolute Gasteiger partial charge is 0.346 e. The fraction of sp³-hybridized carbons (Fsp3) is 0.267. The van der Waals surface area contributed by atoms with Gasteiger partial charge in [-0.3, -0.25) is 14.2 Å². The van der Waals surface area contributed by atoms with Gasteiger partial charge in [0.1, 0.15) is 0 Å². The first kappa shape index (κ1) is 18.9. The van der Waals surface area contributed by atoms with E-state index in [2.05, 4.69) is 15.6 Å². The standard InChI is InChI=1S/C15H16ClN5O3S/c1-9(10-5-4-6-11(16)7-10)17-18-12(22)8-25-13-14(23)20(2)15(24)21(3)19-13/h4-7H,8H2,1-3H3,(H,18,22)/b17-9-. The smallest absolute Gasteiger partial charge is 0.272 e. The molecule has 0 aliphatic rings. The molecule has 0 saturated heterocycles. The number of carbonyl (C=O) groups excluding carboxylic acids is 1. The summed E-state index contributed by atoms with van der Waals surface area (Å²) < 4.78 is 1.98. The highest BCUT2D eigenvalue weighted by molar-refractivity contribution is 7.99. The third-order valence-electron chi connectivity index (χ3n) is 3.22. The molecule has 132 valence electrons. The van der Waals surface area contributed by atoms with E-state index in [1.165, 1.54) is 14.1 Å². The molecule has 0 bridgehead atoms. The summed E-state index contributed by atoms with van der Waals surface area (Å²) >= 11 is 6.85. The Morgan fingerprint density at radius 1 is 1.36 bits per heavy atom. The second kappa shape index (κ2) is 8.13. The molecule has 10 heteroatoms. The van der Waals surface area contributed by atoms with Crippen LogP contribution in [0, 0.1) is 0 Å². The van der Waals surface area contributed by atoms with Crippen molar-refractivity contribution >= 4 is 35.0 Å². The maximum absolute atomic E-state index is 11.9. The molecule has 0 saturated carbocycles. The molecular formula is C15H16ClN5O3S. The second-order valence-corrected chi connectivity index (χ2v) is 6.51. The minimum Gasteiger partial charge on any atom is -0.272 e. The Hall–Kier alpha value is -2.39. The molecule has 1 aromatic heterocycles. The summed E-state index contributed by atoms with van der Waals surface area (Å²) in [6, 6.07) is 7.09. The van der Waals surface area contributed by atoms with Crippen molar-refractivity contribution in [1.29, 1.82) is 0 Å². The lowest BCUT2D eigenvalue weighted by atomic mass is 10.1. The Balaban J connectivity index is 2.01. The number of hydrazone groups is 1. The van der Waals surface area contributed by atoms with Crippen LogP contribution in [0.1, 0.15) is 12.5 Å². The van der Waals surface area contributed by atoms with Gasteiger partial charge in [0.15, 0.2) is 5.03 Å². The molecule has 2 rings (SSSR count). The number of amides is 1. The number of nitrogens with zero attached hydrogens (tertiary/aromatic N) is 4. The number of nitrogens with one attached hydrogen (secondary N) is 1. The van der Waals surface area contributed by atoms with Crippen LogP contribution in [-0.4, -0.2) is 31.7 Å². The molecule has 2 aromatic rings. The number of thioether (sulfide) groups is 1. The third-order valence-corrected chi connectivity index (χ3v) is 4.39. The Kier molecular flexibility index (Phi) is 6.16. The number of benzene rings is 1. The molecule has 1 aromatic carbocycles. The number of hydrogen-bond donors (Lipinski definition) is 1. The van der Waals surface area contributed by atoms with Crippen LogP contribution in [0.5, 0.6) is 0 Å². The van der Waals surface area contributed by atoms with Crippen LogP contribution in [0.15, 0.2) is 44.0 Å². The van der Waals surface area contributed by atoms with E-state index in [0.717, 1.165) is 26.6 Å². The first-order chi connectivity index (χ1) is 11.8. The monoisotopic (exact) mass is 381 g/mol. The molecule has 25 heavy (non-hydrogen) atoms. The van der Waals surface area contributed by atoms with Gasteiger partial charge in [-0.2, -0.15) is 10.2 Å². The lowest BCUT2D eigenvalue weighted by molar-refractivity contribution is -0.118. The third kappa shape index (κ3) is 4.80. The van der Waals surface area contributed by atoms with Crippen LogP contribution in [0.4, 0.5) is 0 Å². The maximum atomic E-state index is 11.9. The Morgan fingerprint density at radius 3 is 2.76 bits per heavy atom. The average molecular weight is 382 g/mol. The van der Waals surface area contributed by atoms with Gasteiger partial charge < -0.3 is 0 Å². The molecule has 0 fully saturated rings. The van der Waals surface area contributed by atoms with E-state index in [-0.39, 0.29) is 10.8 Å². The number of carbonyl (C=O) groups is 1. The normalized spacial score (nSPS) is 11.4. The fourth-order valence-electron chi connectivity index (χ4n) is 1.85. The highest BCUT2D eigenvalue weighted by Gasteiger charge is 2.11. The maximum Gasteiger partial charge on any atom is 0.346 e. The van der Waals surface area contributed by atoms with E-state index < -0.39 is 17.2 Å². The number of hydrogen-bond acceptors (Lipinski definition) is 6. The lowest BCUT2D eigenvalue weighted by Crippen LogP contribution is -2.39. The number of aryl methyl sites for hydroxylation is 1. The van der Waals surface area contributed by atoms with Crippen molar-refractivity contribution in [2.45, 2.75) is 11.9 Å². The van der Waals surface area contributed by atoms with Gasteiger partial charge in [-0.05, 0) is 24.6 Å². The molecule has 1 heterocycles. The van der Waals surface area contributed by atoms with Gasteiger partial charge in [-0.1, -0.05) is 35.5 Å². The summed E-state index contributed by atoms with van der Waals surface area (Å²) in [5.41, 5.74) is 2.72. The van der Waals surface area contributed by atoms with Crippen LogP contribution in [0.3, 0.4) is 0 Å². The van der Waals surface area contributed by atoms with Gasteiger partial charge in [-0.15, -0.1) is 0 Å². The van der Waals surface area contributed by atoms with Crippen molar-refractivity contribution in [2.75, 3.05) is 5.75 Å². The van der Waals surface area contributed by atoms with Crippen molar-refractivity contribution in [1.82, 2.24) is 19.8 Å². The molecule has 0 unspecified atom stereocenters. The first-order valence-corrected chi connectivity index (χ1v) is 8.52. The molecule has 0 radical (unpaired) electrons. The van der Waals surface area contributed by atoms with Gasteiger partial charge in [0.05, 0.1) is 11.5 Å². The van der Waals surface area contributed by atoms with Crippen molar-refractivity contribution in [3.63, 3.8) is 0 Å². The quantitative estimate of drug-likeness (QED) is 0.468. The molecule has 1 N–H and O–H groups in total. The van der Waals surface area contributed by atoms with Gasteiger partial charge in [0.2, 0.25) is 5.91 Å². The summed E-state index contributed by atoms with van der Waals surface area (Å²) in [4.78, 5) is 35.4. The predicted molar refractivity (Wildman–Crippen MR) is 97.2 cm³/mol. The topological polar surface area (TPSA) is 98.3 Å². The van der Waals surface area contributed by atoms with E-state index in [1.54, 1.807) is 25.1 Å². The van der Waals surface area contributed by atoms with E-state index in [4.69, 9.17) is 11.6 Å². The SMILES string of the molecule is C/C(=N/NC(=O)CSc1nn(C)c(=O)n(C)c1=O)c1cccc(Cl)c1. The summed E-state index contributed by atoms with van der Waals surface area (Å²) in [5, 5.41) is 8.51. The number of rotatable bonds is 5. The first-order valence-electron chi connectivity index (χ1n) is 7.16. The van der Waals surface area contributed by atoms with Gasteiger partial charge in [0.25, 0.3) is 5.56 Å². The van der Waals surface area contributed by atoms with Gasteiger partial charge in [0, 0.05) is 19.1 Å². The summed E-state index contributed by atoms with van der Waals surface area (Å²) in [7, 11) is 2.79. The van der Waals surface area contributed by atoms with Crippen LogP contribution in [0.25, 0.3) is 0 Å². The zero-order chi connectivity index (χ0) is 18.6. The molecular weight excluding hydrogens is 366 g/mol. The molecule has 8 nitrogen and oxygen atoms in total. The van der Waals surface area contributed by atoms with Crippen molar-refractivity contribution in [3.05, 3.63) is 55.7 Å². The minimum absolute atomic E-state index is 0.0627. The molecule has 0 aliphatic carbocycles. The molecule has 1 amide bonds. The van der Waals surface area contributed by atoms with Crippen LogP contribution >= 0.6 is 23.4 Å². The Bertz CT molecular complexity index is 951. The van der Waals surface area contributed by atoms with Crippen molar-refractivity contribution < 1.29 is 4.79 Å². The summed E-state index contributed by atoms with van der Waals surface area (Å²) in [6.07, 6.45) is 0. The highest BCUT2D eigenvalue weighted by Crippen LogP contribution is 2.11. The number of aromatic nitrogens is 3. The van der Waals surface area contributed by atoms with E-state index >= 15 is 0 Å². The molecule has 0 spiro atoms.